The van der Waals surface area contributed by atoms with Gasteiger partial charge < -0.3 is 14.7 Å². The first-order valence-corrected chi connectivity index (χ1v) is 8.41. The Morgan fingerprint density at radius 1 is 1.44 bits per heavy atom. The van der Waals surface area contributed by atoms with Gasteiger partial charge in [-0.05, 0) is 18.9 Å². The van der Waals surface area contributed by atoms with Crippen LogP contribution in [0, 0.1) is 0 Å². The first kappa shape index (κ1) is 17.1. The lowest BCUT2D eigenvalue weighted by Gasteiger charge is -2.22. The number of hydrogen-bond donors (Lipinski definition) is 1. The number of amides is 2. The maximum Gasteiger partial charge on any atom is 0.276 e. The molecular weight excluding hydrogens is 322 g/mol. The highest BCUT2D eigenvalue weighted by atomic mass is 16.5. The van der Waals surface area contributed by atoms with Crippen LogP contribution in [0.25, 0.3) is 0 Å². The molecule has 1 aliphatic rings. The van der Waals surface area contributed by atoms with Crippen LogP contribution in [0.4, 0.5) is 0 Å². The van der Waals surface area contributed by atoms with Crippen LogP contribution >= 0.6 is 0 Å². The van der Waals surface area contributed by atoms with Gasteiger partial charge in [0.25, 0.3) is 5.91 Å². The lowest BCUT2D eigenvalue weighted by atomic mass is 10.2. The number of aromatic nitrogens is 3. The Bertz CT molecular complexity index is 773. The largest absolute Gasteiger partial charge is 0.361 e. The monoisotopic (exact) mass is 343 g/mol. The molecule has 8 heteroatoms. The second-order valence-corrected chi connectivity index (χ2v) is 6.00. The molecule has 3 rings (SSSR count). The molecule has 2 aromatic rings. The zero-order chi connectivity index (χ0) is 17.8. The average Bonchev–Trinajstić information content (AvgIpc) is 3.28. The van der Waals surface area contributed by atoms with E-state index in [4.69, 9.17) is 4.52 Å². The summed E-state index contributed by atoms with van der Waals surface area (Å²) < 4.78 is 5.14. The Labute approximate surface area is 145 Å². The standard InChI is InChI=1S/C17H21N5O3/c1-3-13-9-14(21-25-13)17(24)22-8-4-5-15(22)16-18-7-6-12(20-16)10-19-11(2)23/h6-7,9,15H,3-5,8,10H2,1-2H3,(H,19,23). The zero-order valence-electron chi connectivity index (χ0n) is 14.4. The predicted molar refractivity (Wildman–Crippen MR) is 88.4 cm³/mol. The van der Waals surface area contributed by atoms with Crippen LogP contribution in [0.1, 0.15) is 60.5 Å². The van der Waals surface area contributed by atoms with Gasteiger partial charge in [-0.2, -0.15) is 0 Å². The van der Waals surface area contributed by atoms with E-state index in [1.54, 1.807) is 23.2 Å². The summed E-state index contributed by atoms with van der Waals surface area (Å²) in [5, 5.41) is 6.59. The number of aryl methyl sites for hydroxylation is 1. The topological polar surface area (TPSA) is 101 Å². The summed E-state index contributed by atoms with van der Waals surface area (Å²) in [6, 6.07) is 3.25. The molecule has 3 heterocycles. The number of hydrogen-bond acceptors (Lipinski definition) is 6. The molecule has 1 aliphatic heterocycles. The second-order valence-electron chi connectivity index (χ2n) is 6.00. The first-order chi connectivity index (χ1) is 12.1. The van der Waals surface area contributed by atoms with Crippen molar-refractivity contribution in [1.29, 1.82) is 0 Å². The van der Waals surface area contributed by atoms with Gasteiger partial charge in [-0.25, -0.2) is 9.97 Å². The minimum atomic E-state index is -0.188. The third-order valence-electron chi connectivity index (χ3n) is 4.19. The molecule has 25 heavy (non-hydrogen) atoms. The zero-order valence-corrected chi connectivity index (χ0v) is 14.4. The number of nitrogens with zero attached hydrogens (tertiary/aromatic N) is 4. The molecule has 1 fully saturated rings. The van der Waals surface area contributed by atoms with Gasteiger partial charge in [0.2, 0.25) is 5.91 Å². The van der Waals surface area contributed by atoms with Crippen LogP contribution in [-0.4, -0.2) is 38.4 Å². The molecule has 132 valence electrons. The Hall–Kier alpha value is -2.77. The molecule has 0 saturated carbocycles. The third kappa shape index (κ3) is 3.84. The van der Waals surface area contributed by atoms with Gasteiger partial charge in [-0.3, -0.25) is 9.59 Å². The summed E-state index contributed by atoms with van der Waals surface area (Å²) in [6.45, 7) is 4.38. The number of likely N-dealkylation sites (tertiary alicyclic amines) is 1. The van der Waals surface area contributed by atoms with Gasteiger partial charge in [0.15, 0.2) is 11.5 Å². The van der Waals surface area contributed by atoms with Crippen LogP contribution in [0.5, 0.6) is 0 Å². The summed E-state index contributed by atoms with van der Waals surface area (Å²) in [7, 11) is 0. The molecule has 0 bridgehead atoms. The Balaban J connectivity index is 1.78. The van der Waals surface area contributed by atoms with E-state index in [9.17, 15) is 9.59 Å². The Morgan fingerprint density at radius 3 is 3.00 bits per heavy atom. The lowest BCUT2D eigenvalue weighted by Crippen LogP contribution is -2.32. The normalized spacial score (nSPS) is 16.9. The van der Waals surface area contributed by atoms with E-state index < -0.39 is 0 Å². The van der Waals surface area contributed by atoms with Gasteiger partial charge in [0.05, 0.1) is 18.3 Å². The van der Waals surface area contributed by atoms with Crippen molar-refractivity contribution in [1.82, 2.24) is 25.3 Å². The van der Waals surface area contributed by atoms with E-state index in [2.05, 4.69) is 20.4 Å². The molecular formula is C17H21N5O3. The summed E-state index contributed by atoms with van der Waals surface area (Å²) in [4.78, 5) is 34.4. The smallest absolute Gasteiger partial charge is 0.276 e. The Morgan fingerprint density at radius 2 is 2.28 bits per heavy atom. The first-order valence-electron chi connectivity index (χ1n) is 8.41. The van der Waals surface area contributed by atoms with Crippen LogP contribution < -0.4 is 5.32 Å². The molecule has 1 N–H and O–H groups in total. The number of nitrogens with one attached hydrogen (secondary N) is 1. The summed E-state index contributed by atoms with van der Waals surface area (Å²) >= 11 is 0. The molecule has 0 spiro atoms. The van der Waals surface area contributed by atoms with Crippen molar-refractivity contribution in [2.75, 3.05) is 6.54 Å². The van der Waals surface area contributed by atoms with E-state index in [1.165, 1.54) is 6.92 Å². The summed E-state index contributed by atoms with van der Waals surface area (Å²) in [6.07, 6.45) is 4.03. The third-order valence-corrected chi connectivity index (χ3v) is 4.19. The predicted octanol–water partition coefficient (Wildman–Crippen LogP) is 1.64. The van der Waals surface area contributed by atoms with Crippen molar-refractivity contribution < 1.29 is 14.1 Å². The van der Waals surface area contributed by atoms with Crippen molar-refractivity contribution in [3.63, 3.8) is 0 Å². The second kappa shape index (κ2) is 7.42. The van der Waals surface area contributed by atoms with E-state index in [0.29, 0.717) is 42.5 Å². The van der Waals surface area contributed by atoms with Crippen LogP contribution in [0.2, 0.25) is 0 Å². The molecule has 0 aliphatic carbocycles. The van der Waals surface area contributed by atoms with Crippen LogP contribution in [0.3, 0.4) is 0 Å². The minimum Gasteiger partial charge on any atom is -0.361 e. The van der Waals surface area contributed by atoms with Crippen molar-refractivity contribution in [2.45, 2.75) is 45.7 Å². The maximum atomic E-state index is 12.8. The molecule has 1 atom stereocenters. The van der Waals surface area contributed by atoms with Gasteiger partial charge in [0, 0.05) is 32.2 Å². The van der Waals surface area contributed by atoms with Gasteiger partial charge in [-0.15, -0.1) is 0 Å². The fourth-order valence-electron chi connectivity index (χ4n) is 2.89. The van der Waals surface area contributed by atoms with E-state index >= 15 is 0 Å². The average molecular weight is 343 g/mol. The fraction of sp³-hybridized carbons (Fsp3) is 0.471. The Kier molecular flexibility index (Phi) is 5.06. The molecule has 0 radical (unpaired) electrons. The van der Waals surface area contributed by atoms with E-state index in [1.807, 2.05) is 6.92 Å². The van der Waals surface area contributed by atoms with E-state index in [0.717, 1.165) is 12.8 Å². The highest BCUT2D eigenvalue weighted by molar-refractivity contribution is 5.92. The lowest BCUT2D eigenvalue weighted by molar-refractivity contribution is -0.119. The molecule has 0 aromatic carbocycles. The SMILES string of the molecule is CCc1cc(C(=O)N2CCCC2c2nccc(CNC(C)=O)n2)no1. The quantitative estimate of drug-likeness (QED) is 0.885. The molecule has 2 aromatic heterocycles. The van der Waals surface area contributed by atoms with Gasteiger partial charge in [0.1, 0.15) is 5.76 Å². The summed E-state index contributed by atoms with van der Waals surface area (Å²) in [5.74, 6) is 0.998. The van der Waals surface area contributed by atoms with Crippen LogP contribution in [0.15, 0.2) is 22.9 Å². The fourth-order valence-corrected chi connectivity index (χ4v) is 2.89. The summed E-state index contributed by atoms with van der Waals surface area (Å²) in [5.41, 5.74) is 1.03. The van der Waals surface area contributed by atoms with Crippen LogP contribution in [-0.2, 0) is 17.8 Å². The van der Waals surface area contributed by atoms with E-state index in [-0.39, 0.29) is 17.9 Å². The van der Waals surface area contributed by atoms with Crippen molar-refractivity contribution >= 4 is 11.8 Å². The minimum absolute atomic E-state index is 0.115. The molecule has 1 unspecified atom stereocenters. The van der Waals surface area contributed by atoms with Gasteiger partial charge in [-0.1, -0.05) is 12.1 Å². The maximum absolute atomic E-state index is 12.8. The van der Waals surface area contributed by atoms with Gasteiger partial charge >= 0.3 is 0 Å². The molecule has 8 nitrogen and oxygen atoms in total. The number of carbonyl (C=O) groups is 2. The van der Waals surface area contributed by atoms with Crippen molar-refractivity contribution in [3.05, 3.63) is 41.3 Å². The van der Waals surface area contributed by atoms with Crippen molar-refractivity contribution in [3.8, 4) is 0 Å². The number of carbonyl (C=O) groups excluding carboxylic acids is 2. The molecule has 1 saturated heterocycles. The highest BCUT2D eigenvalue weighted by Crippen LogP contribution is 2.31. The van der Waals surface area contributed by atoms with Crippen molar-refractivity contribution in [2.24, 2.45) is 0 Å². The number of rotatable bonds is 5. The highest BCUT2D eigenvalue weighted by Gasteiger charge is 2.33. The molecule has 2 amide bonds.